The molecule has 12 nitrogen and oxygen atoms in total. The van der Waals surface area contributed by atoms with Crippen LogP contribution in [0, 0.1) is 25.2 Å². The molecule has 5 aromatic rings. The Balaban J connectivity index is 1.38. The number of carbonyl (C=O) groups is 1. The van der Waals surface area contributed by atoms with E-state index in [0.29, 0.717) is 51.2 Å². The number of pyridine rings is 1. The summed E-state index contributed by atoms with van der Waals surface area (Å²) in [5.74, 6) is 1.17. The fourth-order valence-corrected chi connectivity index (χ4v) is 4.95. The number of fused-ring (bicyclic) bond motifs is 1. The maximum atomic E-state index is 14.0. The summed E-state index contributed by atoms with van der Waals surface area (Å²) in [7, 11) is 3.36. The second-order valence-corrected chi connectivity index (χ2v) is 10.3. The minimum Gasteiger partial charge on any atom is -0.370 e. The van der Waals surface area contributed by atoms with Crippen LogP contribution in [0.2, 0.25) is 0 Å². The zero-order valence-electron chi connectivity index (χ0n) is 23.4. The second-order valence-electron chi connectivity index (χ2n) is 10.3. The number of anilines is 2. The molecule has 1 aliphatic heterocycles. The van der Waals surface area contributed by atoms with Gasteiger partial charge < -0.3 is 15.0 Å². The number of aromatic nitrogens is 7. The molecule has 1 N–H and O–H groups in total. The van der Waals surface area contributed by atoms with Gasteiger partial charge in [-0.25, -0.2) is 19.0 Å². The highest BCUT2D eigenvalue weighted by molar-refractivity contribution is 5.99. The fraction of sp³-hybridized carbons (Fsp3) is 0.276. The highest BCUT2D eigenvalue weighted by atomic mass is 19.1. The quantitative estimate of drug-likeness (QED) is 0.321. The van der Waals surface area contributed by atoms with Gasteiger partial charge in [0.25, 0.3) is 5.91 Å². The number of rotatable bonds is 6. The van der Waals surface area contributed by atoms with Gasteiger partial charge in [0.2, 0.25) is 0 Å². The topological polar surface area (TPSA) is 140 Å². The first-order chi connectivity index (χ1) is 20.2. The number of ether oxygens (including phenoxy) is 1. The van der Waals surface area contributed by atoms with Crippen molar-refractivity contribution in [3.8, 4) is 17.7 Å². The van der Waals surface area contributed by atoms with E-state index in [1.807, 2.05) is 41.8 Å². The largest absolute Gasteiger partial charge is 0.370 e. The van der Waals surface area contributed by atoms with Crippen LogP contribution >= 0.6 is 0 Å². The Hall–Kier alpha value is -5.22. The number of hydrogen-bond acceptors (Lipinski definition) is 9. The lowest BCUT2D eigenvalue weighted by molar-refractivity contribution is 0.0828. The standard InChI is InChI=1S/C29H27FN10O2/c1-16-9-22(29(41)38(3)4)27(36-35-16)33-19-5-7-24-23(12-19)32-15-39(24)26-8-6-21(25-11-18(30)14-42-25)28(34-26)40-17(2)10-20(13-31)37-40/h5-10,12,15,18,25H,11,14H2,1-4H3,(H,33,36)/t18-,25-/m0/s1. The van der Waals surface area contributed by atoms with Gasteiger partial charge in [-0.15, -0.1) is 5.10 Å². The number of benzene rings is 1. The van der Waals surface area contributed by atoms with Gasteiger partial charge in [-0.1, -0.05) is 0 Å². The molecule has 1 saturated heterocycles. The predicted molar refractivity (Wildman–Crippen MR) is 152 cm³/mol. The number of nitriles is 1. The van der Waals surface area contributed by atoms with E-state index in [1.165, 1.54) is 4.90 Å². The first-order valence-corrected chi connectivity index (χ1v) is 13.3. The molecule has 2 atom stereocenters. The van der Waals surface area contributed by atoms with E-state index in [9.17, 15) is 14.4 Å². The molecule has 1 aromatic carbocycles. The molecular formula is C29H27FN10O2. The average Bonchev–Trinajstić information content (AvgIpc) is 3.71. The van der Waals surface area contributed by atoms with Crippen LogP contribution in [0.5, 0.6) is 0 Å². The number of amides is 1. The number of aryl methyl sites for hydroxylation is 2. The predicted octanol–water partition coefficient (Wildman–Crippen LogP) is 4.13. The summed E-state index contributed by atoms with van der Waals surface area (Å²) in [5, 5.41) is 25.3. The van der Waals surface area contributed by atoms with Crippen LogP contribution in [0.3, 0.4) is 0 Å². The van der Waals surface area contributed by atoms with Crippen molar-refractivity contribution in [2.45, 2.75) is 32.5 Å². The third-order valence-electron chi connectivity index (χ3n) is 7.00. The van der Waals surface area contributed by atoms with Gasteiger partial charge in [0.15, 0.2) is 17.3 Å². The number of imidazole rings is 1. The first-order valence-electron chi connectivity index (χ1n) is 13.3. The monoisotopic (exact) mass is 566 g/mol. The zero-order valence-corrected chi connectivity index (χ0v) is 23.4. The van der Waals surface area contributed by atoms with Gasteiger partial charge in [-0.2, -0.15) is 15.5 Å². The normalized spacial score (nSPS) is 16.5. The smallest absolute Gasteiger partial charge is 0.257 e. The SMILES string of the molecule is Cc1cc(C(=O)N(C)C)c(Nc2ccc3c(c2)ncn3-c2ccc([C@@H]3C[C@H](F)CO3)c(-n3nc(C#N)cc3C)n2)nn1. The highest BCUT2D eigenvalue weighted by Gasteiger charge is 2.30. The van der Waals surface area contributed by atoms with Gasteiger partial charge in [0.1, 0.15) is 24.4 Å². The molecule has 212 valence electrons. The van der Waals surface area contributed by atoms with Crippen LogP contribution < -0.4 is 5.32 Å². The van der Waals surface area contributed by atoms with Gasteiger partial charge in [-0.3, -0.25) is 9.36 Å². The zero-order chi connectivity index (χ0) is 29.5. The lowest BCUT2D eigenvalue weighted by Gasteiger charge is -2.17. The number of hydrogen-bond donors (Lipinski definition) is 1. The van der Waals surface area contributed by atoms with Gasteiger partial charge in [0.05, 0.1) is 35.0 Å². The Kier molecular flexibility index (Phi) is 6.83. The lowest BCUT2D eigenvalue weighted by Crippen LogP contribution is -2.23. The molecule has 5 heterocycles. The summed E-state index contributed by atoms with van der Waals surface area (Å²) < 4.78 is 23.2. The second kappa shape index (κ2) is 10.6. The summed E-state index contributed by atoms with van der Waals surface area (Å²) in [5.41, 5.74) is 4.83. The molecule has 0 aliphatic carbocycles. The Labute approximate surface area is 240 Å². The van der Waals surface area contributed by atoms with Crippen molar-refractivity contribution in [1.29, 1.82) is 5.26 Å². The van der Waals surface area contributed by atoms with Crippen molar-refractivity contribution in [3.63, 3.8) is 0 Å². The maximum absolute atomic E-state index is 14.0. The molecule has 0 spiro atoms. The molecule has 13 heteroatoms. The van der Waals surface area contributed by atoms with Crippen molar-refractivity contribution < 1.29 is 13.9 Å². The van der Waals surface area contributed by atoms with E-state index in [0.717, 1.165) is 5.52 Å². The summed E-state index contributed by atoms with van der Waals surface area (Å²) in [4.78, 5) is 23.7. The Morgan fingerprint density at radius 1 is 1.17 bits per heavy atom. The van der Waals surface area contributed by atoms with E-state index in [1.54, 1.807) is 44.2 Å². The van der Waals surface area contributed by atoms with E-state index >= 15 is 0 Å². The molecule has 1 amide bonds. The van der Waals surface area contributed by atoms with E-state index in [-0.39, 0.29) is 24.6 Å². The fourth-order valence-electron chi connectivity index (χ4n) is 4.95. The van der Waals surface area contributed by atoms with Crippen LogP contribution in [0.4, 0.5) is 15.9 Å². The maximum Gasteiger partial charge on any atom is 0.257 e. The van der Waals surface area contributed by atoms with E-state index < -0.39 is 12.3 Å². The minimum absolute atomic E-state index is 0.0227. The molecule has 42 heavy (non-hydrogen) atoms. The van der Waals surface area contributed by atoms with Crippen LogP contribution in [-0.2, 0) is 4.74 Å². The number of alkyl halides is 1. The van der Waals surface area contributed by atoms with E-state index in [4.69, 9.17) is 9.72 Å². The molecular weight excluding hydrogens is 539 g/mol. The van der Waals surface area contributed by atoms with Gasteiger partial charge >= 0.3 is 0 Å². The van der Waals surface area contributed by atoms with Gasteiger partial charge in [0, 0.05) is 37.5 Å². The minimum atomic E-state index is -1.06. The van der Waals surface area contributed by atoms with Crippen molar-refractivity contribution in [2.75, 3.05) is 26.0 Å². The van der Waals surface area contributed by atoms with Gasteiger partial charge in [-0.05, 0) is 56.3 Å². The Bertz CT molecular complexity index is 1870. The molecule has 1 fully saturated rings. The lowest BCUT2D eigenvalue weighted by atomic mass is 10.1. The summed E-state index contributed by atoms with van der Waals surface area (Å²) in [6.45, 7) is 3.63. The van der Waals surface area contributed by atoms with Crippen LogP contribution in [0.15, 0.2) is 48.8 Å². The highest BCUT2D eigenvalue weighted by Crippen LogP contribution is 2.34. The van der Waals surface area contributed by atoms with Crippen LogP contribution in [0.25, 0.3) is 22.7 Å². The molecule has 0 unspecified atom stereocenters. The Morgan fingerprint density at radius 3 is 2.71 bits per heavy atom. The molecule has 0 saturated carbocycles. The van der Waals surface area contributed by atoms with Crippen molar-refractivity contribution in [3.05, 3.63) is 77.0 Å². The van der Waals surface area contributed by atoms with E-state index in [2.05, 4.69) is 31.7 Å². The van der Waals surface area contributed by atoms with Crippen LogP contribution in [0.1, 0.15) is 45.5 Å². The Morgan fingerprint density at radius 2 is 2.00 bits per heavy atom. The van der Waals surface area contributed by atoms with Crippen molar-refractivity contribution in [1.82, 2.24) is 39.4 Å². The number of carbonyl (C=O) groups excluding carboxylic acids is 1. The molecule has 6 rings (SSSR count). The molecule has 4 aromatic heterocycles. The summed E-state index contributed by atoms with van der Waals surface area (Å²) in [6, 6.07) is 14.7. The van der Waals surface area contributed by atoms with Crippen molar-refractivity contribution >= 4 is 28.4 Å². The molecule has 1 aliphatic rings. The number of halogens is 1. The van der Waals surface area contributed by atoms with Crippen molar-refractivity contribution in [2.24, 2.45) is 0 Å². The molecule has 0 radical (unpaired) electrons. The first kappa shape index (κ1) is 27.0. The molecule has 0 bridgehead atoms. The average molecular weight is 567 g/mol. The third-order valence-corrected chi connectivity index (χ3v) is 7.00. The number of nitrogens with zero attached hydrogens (tertiary/aromatic N) is 9. The number of nitrogens with one attached hydrogen (secondary N) is 1. The summed E-state index contributed by atoms with van der Waals surface area (Å²) in [6.07, 6.45) is 0.344. The summed E-state index contributed by atoms with van der Waals surface area (Å²) >= 11 is 0. The van der Waals surface area contributed by atoms with Crippen LogP contribution in [-0.4, -0.2) is 72.2 Å². The third kappa shape index (κ3) is 4.92.